The van der Waals surface area contributed by atoms with E-state index in [-0.39, 0.29) is 11.9 Å². The molecule has 0 spiro atoms. The van der Waals surface area contributed by atoms with Gasteiger partial charge in [0.1, 0.15) is 5.82 Å². The van der Waals surface area contributed by atoms with Crippen molar-refractivity contribution in [2.24, 2.45) is 0 Å². The average molecular weight is 266 g/mol. The molecule has 108 valence electrons. The molecule has 0 bridgehead atoms. The lowest BCUT2D eigenvalue weighted by Crippen LogP contribution is -2.31. The second-order valence-electron chi connectivity index (χ2n) is 5.39. The zero-order valence-electron chi connectivity index (χ0n) is 12.6. The van der Waals surface area contributed by atoms with Gasteiger partial charge in [0.15, 0.2) is 0 Å². The molecular weight excluding hydrogens is 239 g/mol. The van der Waals surface area contributed by atoms with Crippen molar-refractivity contribution in [1.82, 2.24) is 10.2 Å². The first-order valence-electron chi connectivity index (χ1n) is 7.24. The molecule has 1 aromatic carbocycles. The predicted molar refractivity (Wildman–Crippen MR) is 79.8 cm³/mol. The maximum absolute atomic E-state index is 13.9. The molecule has 0 fully saturated rings. The van der Waals surface area contributed by atoms with Crippen LogP contribution in [0.3, 0.4) is 0 Å². The Morgan fingerprint density at radius 2 is 1.95 bits per heavy atom. The highest BCUT2D eigenvalue weighted by atomic mass is 19.1. The number of hydrogen-bond donors (Lipinski definition) is 1. The van der Waals surface area contributed by atoms with Gasteiger partial charge in [0, 0.05) is 17.6 Å². The van der Waals surface area contributed by atoms with E-state index in [0.717, 1.165) is 31.5 Å². The van der Waals surface area contributed by atoms with Crippen molar-refractivity contribution >= 4 is 0 Å². The Kier molecular flexibility index (Phi) is 7.03. The van der Waals surface area contributed by atoms with Crippen LogP contribution in [0.5, 0.6) is 0 Å². The quantitative estimate of drug-likeness (QED) is 0.773. The van der Waals surface area contributed by atoms with E-state index in [2.05, 4.69) is 38.0 Å². The lowest BCUT2D eigenvalue weighted by atomic mass is 10.0. The van der Waals surface area contributed by atoms with Crippen molar-refractivity contribution in [1.29, 1.82) is 0 Å². The number of nitrogens with one attached hydrogen (secondary N) is 1. The largest absolute Gasteiger partial charge is 0.310 e. The van der Waals surface area contributed by atoms with Crippen molar-refractivity contribution in [3.63, 3.8) is 0 Å². The molecule has 0 aromatic heterocycles. The van der Waals surface area contributed by atoms with E-state index in [1.54, 1.807) is 12.1 Å². The maximum Gasteiger partial charge on any atom is 0.127 e. The first kappa shape index (κ1) is 16.1. The van der Waals surface area contributed by atoms with Gasteiger partial charge in [0.05, 0.1) is 0 Å². The highest BCUT2D eigenvalue weighted by Gasteiger charge is 2.15. The molecule has 0 saturated heterocycles. The van der Waals surface area contributed by atoms with Crippen molar-refractivity contribution in [2.45, 2.75) is 45.7 Å². The van der Waals surface area contributed by atoms with Crippen LogP contribution in [0.15, 0.2) is 24.3 Å². The highest BCUT2D eigenvalue weighted by Crippen LogP contribution is 2.20. The molecule has 0 aliphatic carbocycles. The Balaban J connectivity index is 2.69. The third kappa shape index (κ3) is 5.29. The highest BCUT2D eigenvalue weighted by molar-refractivity contribution is 5.21. The van der Waals surface area contributed by atoms with Crippen LogP contribution in [0.1, 0.15) is 45.2 Å². The molecule has 0 aliphatic heterocycles. The van der Waals surface area contributed by atoms with Crippen LogP contribution in [-0.2, 0) is 0 Å². The van der Waals surface area contributed by atoms with Crippen molar-refractivity contribution in [3.05, 3.63) is 35.6 Å². The van der Waals surface area contributed by atoms with Gasteiger partial charge in [-0.25, -0.2) is 4.39 Å². The second-order valence-corrected chi connectivity index (χ2v) is 5.39. The van der Waals surface area contributed by atoms with Gasteiger partial charge in [-0.2, -0.15) is 0 Å². The third-order valence-electron chi connectivity index (χ3n) is 3.57. The van der Waals surface area contributed by atoms with Gasteiger partial charge in [-0.1, -0.05) is 25.1 Å². The van der Waals surface area contributed by atoms with Crippen LogP contribution in [0.4, 0.5) is 4.39 Å². The van der Waals surface area contributed by atoms with E-state index in [9.17, 15) is 4.39 Å². The summed E-state index contributed by atoms with van der Waals surface area (Å²) in [6.07, 6.45) is 1.99. The van der Waals surface area contributed by atoms with Gasteiger partial charge in [0.2, 0.25) is 0 Å². The molecule has 1 rings (SSSR count). The summed E-state index contributed by atoms with van der Waals surface area (Å²) in [5.41, 5.74) is 0.785. The normalized spacial score (nSPS) is 13.2. The SMILES string of the molecule is CCCNC(CCN(C)C(C)C)c1ccccc1F. The van der Waals surface area contributed by atoms with Crippen molar-refractivity contribution in [2.75, 3.05) is 20.1 Å². The zero-order chi connectivity index (χ0) is 14.3. The van der Waals surface area contributed by atoms with E-state index < -0.39 is 0 Å². The maximum atomic E-state index is 13.9. The molecule has 1 aromatic rings. The van der Waals surface area contributed by atoms with Gasteiger partial charge in [-0.3, -0.25) is 0 Å². The molecule has 19 heavy (non-hydrogen) atoms. The standard InChI is InChI=1S/C16H27FN2/c1-5-11-18-16(10-12-19(4)13(2)3)14-8-6-7-9-15(14)17/h6-9,13,16,18H,5,10-12H2,1-4H3. The molecule has 1 N–H and O–H groups in total. The number of nitrogens with zero attached hydrogens (tertiary/aromatic N) is 1. The fourth-order valence-corrected chi connectivity index (χ4v) is 2.03. The summed E-state index contributed by atoms with van der Waals surface area (Å²) in [4.78, 5) is 2.29. The van der Waals surface area contributed by atoms with Crippen molar-refractivity contribution in [3.8, 4) is 0 Å². The van der Waals surface area contributed by atoms with Gasteiger partial charge in [-0.15, -0.1) is 0 Å². The fourth-order valence-electron chi connectivity index (χ4n) is 2.03. The van der Waals surface area contributed by atoms with Crippen LogP contribution in [-0.4, -0.2) is 31.1 Å². The van der Waals surface area contributed by atoms with Gasteiger partial charge < -0.3 is 10.2 Å². The Hall–Kier alpha value is -0.930. The topological polar surface area (TPSA) is 15.3 Å². The number of benzene rings is 1. The molecule has 1 unspecified atom stereocenters. The molecule has 2 nitrogen and oxygen atoms in total. The molecular formula is C16H27FN2. The van der Waals surface area contributed by atoms with E-state index in [4.69, 9.17) is 0 Å². The number of halogens is 1. The van der Waals surface area contributed by atoms with Gasteiger partial charge >= 0.3 is 0 Å². The molecule has 0 heterocycles. The molecule has 0 amide bonds. The number of hydrogen-bond acceptors (Lipinski definition) is 2. The van der Waals surface area contributed by atoms with Crippen LogP contribution in [0, 0.1) is 5.82 Å². The second kappa shape index (κ2) is 8.28. The first-order valence-corrected chi connectivity index (χ1v) is 7.24. The Bertz CT molecular complexity index is 366. The van der Waals surface area contributed by atoms with Gasteiger partial charge in [0.25, 0.3) is 0 Å². The summed E-state index contributed by atoms with van der Waals surface area (Å²) >= 11 is 0. The first-order chi connectivity index (χ1) is 9.06. The van der Waals surface area contributed by atoms with E-state index in [0.29, 0.717) is 6.04 Å². The van der Waals surface area contributed by atoms with Crippen LogP contribution >= 0.6 is 0 Å². The summed E-state index contributed by atoms with van der Waals surface area (Å²) in [5, 5.41) is 3.45. The van der Waals surface area contributed by atoms with Crippen LogP contribution < -0.4 is 5.32 Å². The zero-order valence-corrected chi connectivity index (χ0v) is 12.6. The molecule has 1 atom stereocenters. The lowest BCUT2D eigenvalue weighted by Gasteiger charge is -2.25. The summed E-state index contributed by atoms with van der Waals surface area (Å²) < 4.78 is 13.9. The third-order valence-corrected chi connectivity index (χ3v) is 3.57. The smallest absolute Gasteiger partial charge is 0.127 e. The summed E-state index contributed by atoms with van der Waals surface area (Å²) in [6.45, 7) is 8.37. The minimum Gasteiger partial charge on any atom is -0.310 e. The van der Waals surface area contributed by atoms with Crippen LogP contribution in [0.2, 0.25) is 0 Å². The number of rotatable bonds is 8. The minimum absolute atomic E-state index is 0.0994. The Morgan fingerprint density at radius 1 is 1.26 bits per heavy atom. The summed E-state index contributed by atoms with van der Waals surface area (Å²) in [5.74, 6) is -0.108. The van der Waals surface area contributed by atoms with E-state index in [1.807, 2.05) is 12.1 Å². The molecule has 3 heteroatoms. The van der Waals surface area contributed by atoms with E-state index in [1.165, 1.54) is 0 Å². The van der Waals surface area contributed by atoms with Crippen LogP contribution in [0.25, 0.3) is 0 Å². The van der Waals surface area contributed by atoms with Crippen molar-refractivity contribution < 1.29 is 4.39 Å². The lowest BCUT2D eigenvalue weighted by molar-refractivity contribution is 0.255. The van der Waals surface area contributed by atoms with E-state index >= 15 is 0 Å². The summed E-state index contributed by atoms with van der Waals surface area (Å²) in [7, 11) is 2.11. The monoisotopic (exact) mass is 266 g/mol. The fraction of sp³-hybridized carbons (Fsp3) is 0.625. The average Bonchev–Trinajstić information content (AvgIpc) is 2.39. The predicted octanol–water partition coefficient (Wildman–Crippen LogP) is 3.60. The Labute approximate surface area is 117 Å². The molecule has 0 radical (unpaired) electrons. The van der Waals surface area contributed by atoms with Gasteiger partial charge in [-0.05, 0) is 52.9 Å². The Morgan fingerprint density at radius 3 is 2.53 bits per heavy atom. The summed E-state index contributed by atoms with van der Waals surface area (Å²) in [6, 6.07) is 7.70. The molecule has 0 aliphatic rings. The minimum atomic E-state index is -0.108. The molecule has 0 saturated carbocycles.